The summed E-state index contributed by atoms with van der Waals surface area (Å²) < 4.78 is 33.0. The van der Waals surface area contributed by atoms with Crippen molar-refractivity contribution in [1.29, 1.82) is 0 Å². The van der Waals surface area contributed by atoms with E-state index in [1.807, 2.05) is 20.8 Å². The van der Waals surface area contributed by atoms with Crippen LogP contribution in [0.15, 0.2) is 47.4 Å². The van der Waals surface area contributed by atoms with Crippen molar-refractivity contribution in [3.8, 4) is 5.75 Å². The second kappa shape index (κ2) is 6.27. The molecule has 0 amide bonds. The minimum absolute atomic E-state index is 0.0931. The average molecular weight is 320 g/mol. The first-order valence-electron chi connectivity index (χ1n) is 6.93. The normalized spacial score (nSPS) is 11.5. The molecule has 0 heterocycles. The number of hydrogen-bond donors (Lipinski definition) is 2. The minimum atomic E-state index is -3.67. The van der Waals surface area contributed by atoms with Crippen molar-refractivity contribution in [2.24, 2.45) is 0 Å². The van der Waals surface area contributed by atoms with Crippen LogP contribution in [0.2, 0.25) is 0 Å². The van der Waals surface area contributed by atoms with E-state index in [-0.39, 0.29) is 11.0 Å². The number of rotatable bonds is 5. The van der Waals surface area contributed by atoms with Gasteiger partial charge in [0, 0.05) is 11.8 Å². The van der Waals surface area contributed by atoms with Gasteiger partial charge in [-0.3, -0.25) is 4.72 Å². The van der Waals surface area contributed by atoms with Gasteiger partial charge in [0.05, 0.1) is 16.7 Å². The Morgan fingerprint density at radius 3 is 2.32 bits per heavy atom. The van der Waals surface area contributed by atoms with Gasteiger partial charge in [-0.05, 0) is 45.0 Å². The Labute approximate surface area is 131 Å². The van der Waals surface area contributed by atoms with Crippen LogP contribution in [0.3, 0.4) is 0 Å². The third-order valence-corrected chi connectivity index (χ3v) is 4.33. The van der Waals surface area contributed by atoms with Crippen LogP contribution in [0.4, 0.5) is 11.4 Å². The Morgan fingerprint density at radius 2 is 1.73 bits per heavy atom. The van der Waals surface area contributed by atoms with Crippen LogP contribution in [0.25, 0.3) is 0 Å². The van der Waals surface area contributed by atoms with E-state index in [4.69, 9.17) is 10.5 Å². The van der Waals surface area contributed by atoms with Gasteiger partial charge in [-0.2, -0.15) is 0 Å². The first kappa shape index (κ1) is 16.2. The lowest BCUT2D eigenvalue weighted by Gasteiger charge is -2.16. The van der Waals surface area contributed by atoms with Gasteiger partial charge < -0.3 is 10.5 Å². The summed E-state index contributed by atoms with van der Waals surface area (Å²) in [5.41, 5.74) is 7.61. The number of anilines is 2. The number of ether oxygens (including phenoxy) is 1. The molecule has 0 fully saturated rings. The zero-order chi connectivity index (χ0) is 16.3. The van der Waals surface area contributed by atoms with E-state index in [0.717, 1.165) is 5.56 Å². The molecule has 118 valence electrons. The Morgan fingerprint density at radius 1 is 1.09 bits per heavy atom. The van der Waals surface area contributed by atoms with Crippen LogP contribution in [0.5, 0.6) is 5.75 Å². The van der Waals surface area contributed by atoms with Gasteiger partial charge in [-0.25, -0.2) is 8.42 Å². The predicted molar refractivity (Wildman–Crippen MR) is 88.6 cm³/mol. The quantitative estimate of drug-likeness (QED) is 0.829. The van der Waals surface area contributed by atoms with Gasteiger partial charge in [-0.15, -0.1) is 0 Å². The molecule has 0 saturated heterocycles. The molecule has 2 aromatic carbocycles. The molecular weight excluding hydrogens is 300 g/mol. The third-order valence-electron chi connectivity index (χ3n) is 2.94. The fraction of sp³-hybridized carbons (Fsp3) is 0.250. The number of hydrogen-bond acceptors (Lipinski definition) is 4. The molecule has 0 aliphatic heterocycles. The van der Waals surface area contributed by atoms with Gasteiger partial charge in [-0.1, -0.05) is 17.7 Å². The maximum atomic E-state index is 12.4. The standard InChI is InChI=1S/C16H20N2O3S/c1-11(2)21-16-10-13(17)6-9-15(16)18-22(19,20)14-7-4-12(3)5-8-14/h4-11,18H,17H2,1-3H3. The zero-order valence-electron chi connectivity index (χ0n) is 12.8. The summed E-state index contributed by atoms with van der Waals surface area (Å²) in [5.74, 6) is 0.408. The highest BCUT2D eigenvalue weighted by Crippen LogP contribution is 2.30. The van der Waals surface area contributed by atoms with Crippen molar-refractivity contribution in [3.63, 3.8) is 0 Å². The lowest BCUT2D eigenvalue weighted by Crippen LogP contribution is -2.15. The number of aryl methyl sites for hydroxylation is 1. The monoisotopic (exact) mass is 320 g/mol. The summed E-state index contributed by atoms with van der Waals surface area (Å²) in [5, 5.41) is 0. The first-order chi connectivity index (χ1) is 10.3. The van der Waals surface area contributed by atoms with Crippen LogP contribution >= 0.6 is 0 Å². The lowest BCUT2D eigenvalue weighted by atomic mass is 10.2. The summed E-state index contributed by atoms with van der Waals surface area (Å²) >= 11 is 0. The molecule has 0 unspecified atom stereocenters. The zero-order valence-corrected chi connectivity index (χ0v) is 13.6. The first-order valence-corrected chi connectivity index (χ1v) is 8.42. The number of sulfonamides is 1. The van der Waals surface area contributed by atoms with Crippen molar-refractivity contribution in [3.05, 3.63) is 48.0 Å². The molecule has 0 radical (unpaired) electrons. The molecule has 2 aromatic rings. The van der Waals surface area contributed by atoms with Crippen molar-refractivity contribution in [2.75, 3.05) is 10.5 Å². The maximum absolute atomic E-state index is 12.4. The fourth-order valence-corrected chi connectivity index (χ4v) is 2.97. The maximum Gasteiger partial charge on any atom is 0.262 e. The molecule has 3 N–H and O–H groups in total. The lowest BCUT2D eigenvalue weighted by molar-refractivity contribution is 0.244. The Balaban J connectivity index is 2.35. The van der Waals surface area contributed by atoms with Crippen LogP contribution < -0.4 is 15.2 Å². The number of benzene rings is 2. The Hall–Kier alpha value is -2.21. The predicted octanol–water partition coefficient (Wildman–Crippen LogP) is 3.17. The van der Waals surface area contributed by atoms with E-state index in [1.165, 1.54) is 0 Å². The molecule has 2 rings (SSSR count). The second-order valence-electron chi connectivity index (χ2n) is 5.34. The molecular formula is C16H20N2O3S. The molecule has 22 heavy (non-hydrogen) atoms. The Bertz CT molecular complexity index is 753. The molecule has 0 bridgehead atoms. The SMILES string of the molecule is Cc1ccc(S(=O)(=O)Nc2ccc(N)cc2OC(C)C)cc1. The van der Waals surface area contributed by atoms with Crippen molar-refractivity contribution >= 4 is 21.4 Å². The summed E-state index contributed by atoms with van der Waals surface area (Å²) in [6.07, 6.45) is -0.0931. The van der Waals surface area contributed by atoms with Gasteiger partial charge in [0.2, 0.25) is 0 Å². The molecule has 6 heteroatoms. The Kier molecular flexibility index (Phi) is 4.61. The smallest absolute Gasteiger partial charge is 0.262 e. The van der Waals surface area contributed by atoms with E-state index in [2.05, 4.69) is 4.72 Å². The molecule has 0 aromatic heterocycles. The number of nitrogens with one attached hydrogen (secondary N) is 1. The fourth-order valence-electron chi connectivity index (χ4n) is 1.90. The highest BCUT2D eigenvalue weighted by atomic mass is 32.2. The summed E-state index contributed by atoms with van der Waals surface area (Å²) in [6.45, 7) is 5.63. The van der Waals surface area contributed by atoms with Crippen molar-refractivity contribution in [2.45, 2.75) is 31.8 Å². The summed E-state index contributed by atoms with van der Waals surface area (Å²) in [7, 11) is -3.67. The van der Waals surface area contributed by atoms with E-state index in [0.29, 0.717) is 17.1 Å². The summed E-state index contributed by atoms with van der Waals surface area (Å²) in [4.78, 5) is 0.199. The molecule has 5 nitrogen and oxygen atoms in total. The van der Waals surface area contributed by atoms with E-state index in [1.54, 1.807) is 42.5 Å². The minimum Gasteiger partial charge on any atom is -0.489 e. The third kappa shape index (κ3) is 3.92. The van der Waals surface area contributed by atoms with E-state index >= 15 is 0 Å². The second-order valence-corrected chi connectivity index (χ2v) is 7.02. The van der Waals surface area contributed by atoms with Crippen LogP contribution in [-0.4, -0.2) is 14.5 Å². The number of nitrogens with two attached hydrogens (primary N) is 1. The average Bonchev–Trinajstić information content (AvgIpc) is 2.41. The highest BCUT2D eigenvalue weighted by molar-refractivity contribution is 7.92. The summed E-state index contributed by atoms with van der Waals surface area (Å²) in [6, 6.07) is 11.5. The molecule has 0 atom stereocenters. The molecule has 0 saturated carbocycles. The van der Waals surface area contributed by atoms with Gasteiger partial charge in [0.1, 0.15) is 5.75 Å². The molecule has 0 aliphatic carbocycles. The van der Waals surface area contributed by atoms with E-state index in [9.17, 15) is 8.42 Å². The topological polar surface area (TPSA) is 81.4 Å². The van der Waals surface area contributed by atoms with Crippen LogP contribution in [-0.2, 0) is 10.0 Å². The van der Waals surface area contributed by atoms with Crippen LogP contribution in [0.1, 0.15) is 19.4 Å². The van der Waals surface area contributed by atoms with Gasteiger partial charge >= 0.3 is 0 Å². The van der Waals surface area contributed by atoms with Crippen LogP contribution in [0, 0.1) is 6.92 Å². The largest absolute Gasteiger partial charge is 0.489 e. The van der Waals surface area contributed by atoms with Gasteiger partial charge in [0.25, 0.3) is 10.0 Å². The number of nitrogen functional groups attached to an aromatic ring is 1. The highest BCUT2D eigenvalue weighted by Gasteiger charge is 2.17. The van der Waals surface area contributed by atoms with Gasteiger partial charge in [0.15, 0.2) is 0 Å². The molecule has 0 spiro atoms. The van der Waals surface area contributed by atoms with Crippen molar-refractivity contribution < 1.29 is 13.2 Å². The van der Waals surface area contributed by atoms with E-state index < -0.39 is 10.0 Å². The van der Waals surface area contributed by atoms with Crippen molar-refractivity contribution in [1.82, 2.24) is 0 Å². The molecule has 0 aliphatic rings.